The van der Waals surface area contributed by atoms with Gasteiger partial charge in [0.05, 0.1) is 11.5 Å². The molecule has 0 atom stereocenters. The average molecular weight is 377 g/mol. The molecule has 0 fully saturated rings. The minimum atomic E-state index is -3.66. The summed E-state index contributed by atoms with van der Waals surface area (Å²) in [5.74, 6) is 0. The van der Waals surface area contributed by atoms with Gasteiger partial charge in [0.2, 0.25) is 10.0 Å². The third-order valence-corrected chi connectivity index (χ3v) is 5.72. The molecule has 0 bridgehead atoms. The van der Waals surface area contributed by atoms with E-state index in [1.807, 2.05) is 6.92 Å². The van der Waals surface area contributed by atoms with Gasteiger partial charge in [-0.2, -0.15) is 4.31 Å². The Morgan fingerprint density at radius 1 is 1.48 bits per heavy atom. The molecule has 0 aliphatic carbocycles. The minimum absolute atomic E-state index is 0.0416. The fourth-order valence-corrected chi connectivity index (χ4v) is 4.32. The van der Waals surface area contributed by atoms with Gasteiger partial charge in [-0.25, -0.2) is 8.42 Å². The largest absolute Gasteiger partial charge is 0.395 e. The second-order valence-electron chi connectivity index (χ2n) is 4.42. The average Bonchev–Trinajstić information content (AvgIpc) is 2.44. The van der Waals surface area contributed by atoms with Crippen LogP contribution in [0.4, 0.5) is 0 Å². The zero-order valence-electron chi connectivity index (χ0n) is 12.0. The zero-order chi connectivity index (χ0) is 15.9. The maximum Gasteiger partial charge on any atom is 0.244 e. The number of aliphatic hydroxyl groups is 1. The second kappa shape index (κ2) is 8.65. The van der Waals surface area contributed by atoms with Crippen molar-refractivity contribution in [2.24, 2.45) is 0 Å². The first-order valence-corrected chi connectivity index (χ1v) is 8.91. The molecule has 5 nitrogen and oxygen atoms in total. The zero-order valence-corrected chi connectivity index (χ0v) is 14.5. The summed E-state index contributed by atoms with van der Waals surface area (Å²) in [5, 5.41) is 12.2. The second-order valence-corrected chi connectivity index (χ2v) is 7.18. The molecule has 0 saturated heterocycles. The van der Waals surface area contributed by atoms with E-state index in [9.17, 15) is 8.42 Å². The molecule has 0 aliphatic heterocycles. The van der Waals surface area contributed by atoms with Crippen molar-refractivity contribution >= 4 is 26.0 Å². The van der Waals surface area contributed by atoms with Gasteiger partial charge in [-0.15, -0.1) is 6.58 Å². The Labute approximate surface area is 134 Å². The molecule has 0 radical (unpaired) electrons. The first kappa shape index (κ1) is 18.3. The number of sulfonamides is 1. The van der Waals surface area contributed by atoms with Crippen molar-refractivity contribution < 1.29 is 13.5 Å². The fourth-order valence-electron chi connectivity index (χ4n) is 1.84. The summed E-state index contributed by atoms with van der Waals surface area (Å²) in [4.78, 5) is 0.193. The highest BCUT2D eigenvalue weighted by atomic mass is 79.9. The number of halogens is 1. The summed E-state index contributed by atoms with van der Waals surface area (Å²) in [6.45, 7) is 7.06. The lowest BCUT2D eigenvalue weighted by Crippen LogP contribution is -2.34. The van der Waals surface area contributed by atoms with Crippen LogP contribution in [-0.2, 0) is 16.6 Å². The van der Waals surface area contributed by atoms with Crippen molar-refractivity contribution in [3.63, 3.8) is 0 Å². The monoisotopic (exact) mass is 376 g/mol. The molecule has 7 heteroatoms. The highest BCUT2D eigenvalue weighted by Crippen LogP contribution is 2.26. The smallest absolute Gasteiger partial charge is 0.244 e. The summed E-state index contributed by atoms with van der Waals surface area (Å²) >= 11 is 3.32. The molecule has 1 aromatic carbocycles. The van der Waals surface area contributed by atoms with E-state index >= 15 is 0 Å². The summed E-state index contributed by atoms with van der Waals surface area (Å²) in [6, 6.07) is 5.16. The maximum atomic E-state index is 12.6. The molecule has 0 saturated carbocycles. The van der Waals surface area contributed by atoms with Gasteiger partial charge in [0.25, 0.3) is 0 Å². The molecule has 1 rings (SSSR count). The summed E-state index contributed by atoms with van der Waals surface area (Å²) < 4.78 is 26.9. The lowest BCUT2D eigenvalue weighted by Gasteiger charge is -2.20. The number of nitrogens with one attached hydrogen (secondary N) is 1. The Morgan fingerprint density at radius 3 is 2.71 bits per heavy atom. The number of hydrogen-bond donors (Lipinski definition) is 2. The van der Waals surface area contributed by atoms with Gasteiger partial charge in [-0.05, 0) is 40.2 Å². The molecule has 21 heavy (non-hydrogen) atoms. The van der Waals surface area contributed by atoms with Crippen molar-refractivity contribution in [2.75, 3.05) is 26.2 Å². The van der Waals surface area contributed by atoms with Crippen LogP contribution in [0.25, 0.3) is 0 Å². The number of rotatable bonds is 9. The van der Waals surface area contributed by atoms with E-state index in [1.54, 1.807) is 18.2 Å². The van der Waals surface area contributed by atoms with Gasteiger partial charge in [-0.1, -0.05) is 19.1 Å². The van der Waals surface area contributed by atoms with E-state index in [1.165, 1.54) is 10.4 Å². The van der Waals surface area contributed by atoms with Gasteiger partial charge in [0.15, 0.2) is 0 Å². The highest BCUT2D eigenvalue weighted by Gasteiger charge is 2.25. The van der Waals surface area contributed by atoms with Crippen LogP contribution >= 0.6 is 15.9 Å². The van der Waals surface area contributed by atoms with Gasteiger partial charge < -0.3 is 10.4 Å². The van der Waals surface area contributed by atoms with Crippen LogP contribution in [0.15, 0.2) is 40.2 Å². The molecule has 0 aromatic heterocycles. The van der Waals surface area contributed by atoms with Crippen LogP contribution in [0.5, 0.6) is 0 Å². The van der Waals surface area contributed by atoms with Crippen LogP contribution < -0.4 is 5.32 Å². The SMILES string of the molecule is C=CCN(CCO)S(=O)(=O)c1ccc(CNCC)cc1Br. The third kappa shape index (κ3) is 4.89. The molecule has 0 amide bonds. The van der Waals surface area contributed by atoms with Gasteiger partial charge in [-0.3, -0.25) is 0 Å². The number of benzene rings is 1. The predicted octanol–water partition coefficient (Wildman–Crippen LogP) is 1.73. The number of nitrogens with zero attached hydrogens (tertiary/aromatic N) is 1. The lowest BCUT2D eigenvalue weighted by molar-refractivity contribution is 0.260. The first-order chi connectivity index (χ1) is 9.97. The van der Waals surface area contributed by atoms with Crippen LogP contribution in [-0.4, -0.2) is 44.1 Å². The van der Waals surface area contributed by atoms with E-state index in [0.29, 0.717) is 11.0 Å². The van der Waals surface area contributed by atoms with Gasteiger partial charge in [0, 0.05) is 24.1 Å². The molecule has 1 aromatic rings. The highest BCUT2D eigenvalue weighted by molar-refractivity contribution is 9.10. The molecule has 118 valence electrons. The van der Waals surface area contributed by atoms with E-state index < -0.39 is 10.0 Å². The molecule has 2 N–H and O–H groups in total. The Hall–Kier alpha value is -0.730. The lowest BCUT2D eigenvalue weighted by atomic mass is 10.2. The van der Waals surface area contributed by atoms with Crippen molar-refractivity contribution in [1.82, 2.24) is 9.62 Å². The van der Waals surface area contributed by atoms with E-state index in [4.69, 9.17) is 5.11 Å². The Kier molecular flexibility index (Phi) is 7.55. The van der Waals surface area contributed by atoms with E-state index in [-0.39, 0.29) is 24.6 Å². The Morgan fingerprint density at radius 2 is 2.19 bits per heavy atom. The van der Waals surface area contributed by atoms with Crippen molar-refractivity contribution in [2.45, 2.75) is 18.4 Å². The Bertz CT molecular complexity index is 576. The molecule has 0 unspecified atom stereocenters. The normalized spacial score (nSPS) is 11.8. The molecular formula is C14H21BrN2O3S. The third-order valence-electron chi connectivity index (χ3n) is 2.88. The maximum absolute atomic E-state index is 12.6. The Balaban J connectivity index is 3.09. The molecular weight excluding hydrogens is 356 g/mol. The van der Waals surface area contributed by atoms with Crippen LogP contribution in [0.3, 0.4) is 0 Å². The predicted molar refractivity (Wildman–Crippen MR) is 87.6 cm³/mol. The fraction of sp³-hybridized carbons (Fsp3) is 0.429. The first-order valence-electron chi connectivity index (χ1n) is 6.68. The summed E-state index contributed by atoms with van der Waals surface area (Å²) in [6.07, 6.45) is 1.50. The topological polar surface area (TPSA) is 69.6 Å². The van der Waals surface area contributed by atoms with Crippen LogP contribution in [0.2, 0.25) is 0 Å². The van der Waals surface area contributed by atoms with Crippen molar-refractivity contribution in [1.29, 1.82) is 0 Å². The number of hydrogen-bond acceptors (Lipinski definition) is 4. The van der Waals surface area contributed by atoms with Crippen LogP contribution in [0, 0.1) is 0 Å². The standard InChI is InChI=1S/C14H21BrN2O3S/c1-3-7-17(8-9-18)21(19,20)14-6-5-12(10-13(14)15)11-16-4-2/h3,5-6,10,16,18H,1,4,7-9,11H2,2H3. The molecule has 0 aliphatic rings. The minimum Gasteiger partial charge on any atom is -0.395 e. The van der Waals surface area contributed by atoms with Crippen molar-refractivity contribution in [3.05, 3.63) is 40.9 Å². The van der Waals surface area contributed by atoms with E-state index in [2.05, 4.69) is 27.8 Å². The van der Waals surface area contributed by atoms with Gasteiger partial charge in [0.1, 0.15) is 0 Å². The summed E-state index contributed by atoms with van der Waals surface area (Å²) in [5.41, 5.74) is 1.00. The molecule has 0 spiro atoms. The van der Waals surface area contributed by atoms with Crippen molar-refractivity contribution in [3.8, 4) is 0 Å². The van der Waals surface area contributed by atoms with Crippen LogP contribution in [0.1, 0.15) is 12.5 Å². The summed E-state index contributed by atoms with van der Waals surface area (Å²) in [7, 11) is -3.66. The number of aliphatic hydroxyl groups excluding tert-OH is 1. The van der Waals surface area contributed by atoms with E-state index in [0.717, 1.165) is 12.1 Å². The van der Waals surface area contributed by atoms with Gasteiger partial charge >= 0.3 is 0 Å². The quantitative estimate of drug-likeness (QED) is 0.643. The molecule has 0 heterocycles.